The third-order valence-corrected chi connectivity index (χ3v) is 6.37. The second-order valence-corrected chi connectivity index (χ2v) is 8.92. The summed E-state index contributed by atoms with van der Waals surface area (Å²) < 4.78 is 45.7. The van der Waals surface area contributed by atoms with E-state index in [-0.39, 0.29) is 12.5 Å². The minimum absolute atomic E-state index is 0.138. The highest BCUT2D eigenvalue weighted by molar-refractivity contribution is 5.67. The molecule has 1 saturated heterocycles. The maximum atomic E-state index is 13.2. The number of alkyl halides is 3. The van der Waals surface area contributed by atoms with Crippen molar-refractivity contribution in [1.82, 2.24) is 4.90 Å². The molecule has 0 amide bonds. The third-order valence-electron chi connectivity index (χ3n) is 6.37. The van der Waals surface area contributed by atoms with Crippen LogP contribution in [0.4, 0.5) is 13.2 Å². The van der Waals surface area contributed by atoms with Crippen LogP contribution in [0.2, 0.25) is 0 Å². The Morgan fingerprint density at radius 1 is 0.857 bits per heavy atom. The highest BCUT2D eigenvalue weighted by Crippen LogP contribution is 2.38. The van der Waals surface area contributed by atoms with Crippen LogP contribution in [-0.4, -0.2) is 28.1 Å². The van der Waals surface area contributed by atoms with Gasteiger partial charge >= 0.3 is 12.1 Å². The van der Waals surface area contributed by atoms with Gasteiger partial charge in [0, 0.05) is 19.1 Å². The smallest absolute Gasteiger partial charge is 0.416 e. The largest absolute Gasteiger partial charge is 0.481 e. The van der Waals surface area contributed by atoms with E-state index in [2.05, 4.69) is 4.90 Å². The highest BCUT2D eigenvalue weighted by atomic mass is 19.4. The standard InChI is InChI=1S/C28H28F3NO3/c29-28(30,31)23-13-11-22(12-14-23)27-25(16-15-24(35-27)17-26(33)34)32(18-20-7-3-1-4-8-20)19-21-9-5-2-6-10-21/h1-14,24-25,27H,15-19H2,(H,33,34). The number of benzene rings is 3. The Balaban J connectivity index is 1.67. The van der Waals surface area contributed by atoms with Crippen molar-refractivity contribution in [3.63, 3.8) is 0 Å². The van der Waals surface area contributed by atoms with Gasteiger partial charge < -0.3 is 9.84 Å². The molecule has 0 spiro atoms. The first-order valence-electron chi connectivity index (χ1n) is 11.7. The lowest BCUT2D eigenvalue weighted by Crippen LogP contribution is -2.45. The minimum atomic E-state index is -4.43. The van der Waals surface area contributed by atoms with E-state index < -0.39 is 29.9 Å². The minimum Gasteiger partial charge on any atom is -0.481 e. The molecule has 1 N–H and O–H groups in total. The SMILES string of the molecule is O=C(O)CC1CCC(N(Cc2ccccc2)Cc2ccccc2)C(c2ccc(C(F)(F)F)cc2)O1. The number of carboxylic acids is 1. The molecule has 0 aliphatic carbocycles. The maximum Gasteiger partial charge on any atom is 0.416 e. The van der Waals surface area contributed by atoms with Gasteiger partial charge in [0.25, 0.3) is 0 Å². The lowest BCUT2D eigenvalue weighted by Gasteiger charge is -2.43. The fraction of sp³-hybridized carbons (Fsp3) is 0.321. The van der Waals surface area contributed by atoms with Gasteiger partial charge in [-0.2, -0.15) is 13.2 Å². The van der Waals surface area contributed by atoms with Crippen molar-refractivity contribution in [1.29, 1.82) is 0 Å². The molecule has 0 aromatic heterocycles. The first kappa shape index (κ1) is 24.9. The van der Waals surface area contributed by atoms with Crippen LogP contribution in [0, 0.1) is 0 Å². The van der Waals surface area contributed by atoms with Crippen molar-refractivity contribution in [2.24, 2.45) is 0 Å². The lowest BCUT2D eigenvalue weighted by atomic mass is 9.90. The molecule has 1 fully saturated rings. The summed E-state index contributed by atoms with van der Waals surface area (Å²) in [4.78, 5) is 13.6. The lowest BCUT2D eigenvalue weighted by molar-refractivity contribution is -0.148. The van der Waals surface area contributed by atoms with Crippen LogP contribution < -0.4 is 0 Å². The monoisotopic (exact) mass is 483 g/mol. The number of hydrogen-bond acceptors (Lipinski definition) is 3. The average Bonchev–Trinajstić information content (AvgIpc) is 2.84. The van der Waals surface area contributed by atoms with Crippen LogP contribution in [0.25, 0.3) is 0 Å². The average molecular weight is 484 g/mol. The van der Waals surface area contributed by atoms with E-state index in [1.807, 2.05) is 60.7 Å². The molecule has 4 rings (SSSR count). The first-order valence-corrected chi connectivity index (χ1v) is 11.7. The second-order valence-electron chi connectivity index (χ2n) is 8.92. The van der Waals surface area contributed by atoms with Crippen LogP contribution in [0.1, 0.15) is 47.6 Å². The van der Waals surface area contributed by atoms with E-state index in [9.17, 15) is 23.1 Å². The first-order chi connectivity index (χ1) is 16.8. The zero-order valence-corrected chi connectivity index (χ0v) is 19.2. The van der Waals surface area contributed by atoms with E-state index in [4.69, 9.17) is 4.74 Å². The summed E-state index contributed by atoms with van der Waals surface area (Å²) in [7, 11) is 0. The van der Waals surface area contributed by atoms with Crippen molar-refractivity contribution in [2.45, 2.75) is 56.8 Å². The molecule has 0 bridgehead atoms. The number of rotatable bonds is 8. The molecule has 0 radical (unpaired) electrons. The second kappa shape index (κ2) is 11.1. The maximum absolute atomic E-state index is 13.2. The van der Waals surface area contributed by atoms with Crippen molar-refractivity contribution in [2.75, 3.05) is 0 Å². The van der Waals surface area contributed by atoms with Gasteiger partial charge in [-0.15, -0.1) is 0 Å². The molecular formula is C28H28F3NO3. The number of hydrogen-bond donors (Lipinski definition) is 1. The normalized spacial score (nSPS) is 20.6. The van der Waals surface area contributed by atoms with Crippen LogP contribution in [0.3, 0.4) is 0 Å². The Labute approximate surface area is 203 Å². The molecule has 184 valence electrons. The number of ether oxygens (including phenoxy) is 1. The van der Waals surface area contributed by atoms with E-state index >= 15 is 0 Å². The van der Waals surface area contributed by atoms with Crippen molar-refractivity contribution < 1.29 is 27.8 Å². The van der Waals surface area contributed by atoms with Gasteiger partial charge in [0.2, 0.25) is 0 Å². The van der Waals surface area contributed by atoms with Gasteiger partial charge in [-0.05, 0) is 41.7 Å². The van der Waals surface area contributed by atoms with Crippen LogP contribution >= 0.6 is 0 Å². The summed E-state index contributed by atoms with van der Waals surface area (Å²) in [6.07, 6.45) is -4.38. The molecule has 35 heavy (non-hydrogen) atoms. The summed E-state index contributed by atoms with van der Waals surface area (Å²) in [5.74, 6) is -0.954. The molecule has 1 aliphatic rings. The van der Waals surface area contributed by atoms with Crippen molar-refractivity contribution >= 4 is 5.97 Å². The molecule has 3 unspecified atom stereocenters. The number of nitrogens with zero attached hydrogens (tertiary/aromatic N) is 1. The topological polar surface area (TPSA) is 49.8 Å². The van der Waals surface area contributed by atoms with Gasteiger partial charge in [0.1, 0.15) is 0 Å². The zero-order valence-electron chi connectivity index (χ0n) is 19.2. The molecule has 0 saturated carbocycles. The predicted molar refractivity (Wildman–Crippen MR) is 126 cm³/mol. The van der Waals surface area contributed by atoms with Gasteiger partial charge in [0.05, 0.1) is 24.2 Å². The van der Waals surface area contributed by atoms with E-state index in [1.54, 1.807) is 0 Å². The van der Waals surface area contributed by atoms with Crippen molar-refractivity contribution in [3.8, 4) is 0 Å². The number of halogens is 3. The van der Waals surface area contributed by atoms with Gasteiger partial charge in [-0.1, -0.05) is 72.8 Å². The Kier molecular flexibility index (Phi) is 7.88. The molecule has 1 heterocycles. The summed E-state index contributed by atoms with van der Waals surface area (Å²) in [6, 6.07) is 24.9. The summed E-state index contributed by atoms with van der Waals surface area (Å²) in [6.45, 7) is 1.26. The molecular weight excluding hydrogens is 455 g/mol. The fourth-order valence-corrected chi connectivity index (χ4v) is 4.68. The molecule has 1 aliphatic heterocycles. The molecule has 4 nitrogen and oxygen atoms in total. The molecule has 3 aromatic carbocycles. The number of aliphatic carboxylic acids is 1. The van der Waals surface area contributed by atoms with Crippen LogP contribution in [0.5, 0.6) is 0 Å². The van der Waals surface area contributed by atoms with E-state index in [0.717, 1.165) is 23.3 Å². The Bertz CT molecular complexity index is 1050. The van der Waals surface area contributed by atoms with Gasteiger partial charge in [0.15, 0.2) is 0 Å². The van der Waals surface area contributed by atoms with Crippen molar-refractivity contribution in [3.05, 3.63) is 107 Å². The van der Waals surface area contributed by atoms with Gasteiger partial charge in [-0.25, -0.2) is 0 Å². The molecule has 7 heteroatoms. The summed E-state index contributed by atoms with van der Waals surface area (Å²) >= 11 is 0. The Morgan fingerprint density at radius 3 is 1.89 bits per heavy atom. The predicted octanol–water partition coefficient (Wildman–Crippen LogP) is 6.47. The van der Waals surface area contributed by atoms with E-state index in [0.29, 0.717) is 31.5 Å². The van der Waals surface area contributed by atoms with Crippen LogP contribution in [-0.2, 0) is 28.8 Å². The Morgan fingerprint density at radius 2 is 1.40 bits per heavy atom. The van der Waals surface area contributed by atoms with Crippen LogP contribution in [0.15, 0.2) is 84.9 Å². The Hall–Kier alpha value is -3.16. The number of carboxylic acid groups (broad SMARTS) is 1. The third kappa shape index (κ3) is 6.71. The summed E-state index contributed by atoms with van der Waals surface area (Å²) in [5, 5.41) is 9.30. The quantitative estimate of drug-likeness (QED) is 0.399. The fourth-order valence-electron chi connectivity index (χ4n) is 4.68. The summed E-state index contributed by atoms with van der Waals surface area (Å²) in [5.41, 5.74) is 2.12. The molecule has 3 atom stereocenters. The number of carbonyl (C=O) groups is 1. The van der Waals surface area contributed by atoms with E-state index in [1.165, 1.54) is 12.1 Å². The molecule has 3 aromatic rings. The van der Waals surface area contributed by atoms with Gasteiger partial charge in [-0.3, -0.25) is 9.69 Å². The zero-order chi connectivity index (χ0) is 24.8. The highest BCUT2D eigenvalue weighted by Gasteiger charge is 2.37.